The summed E-state index contributed by atoms with van der Waals surface area (Å²) in [4.78, 5) is 9.63. The fourth-order valence-electron chi connectivity index (χ4n) is 0.978. The largest absolute Gasteiger partial charge is 0.295 e. The molecule has 0 aromatic rings. The standard InChI is InChI=1S/C8H18N2O/c1-2-3-4-5-6-7-9-8-10-11/h9H,2-8H2,1H3. The Kier molecular flexibility index (Phi) is 9.18. The van der Waals surface area contributed by atoms with Crippen molar-refractivity contribution in [3.63, 3.8) is 0 Å². The van der Waals surface area contributed by atoms with E-state index in [0.717, 1.165) is 13.0 Å². The summed E-state index contributed by atoms with van der Waals surface area (Å²) in [5.74, 6) is 0. The minimum absolute atomic E-state index is 0.258. The van der Waals surface area contributed by atoms with Gasteiger partial charge in [0.25, 0.3) is 0 Å². The van der Waals surface area contributed by atoms with E-state index in [1.165, 1.54) is 25.7 Å². The molecule has 0 heterocycles. The lowest BCUT2D eigenvalue weighted by Gasteiger charge is -1.99. The topological polar surface area (TPSA) is 41.5 Å². The first-order valence-corrected chi connectivity index (χ1v) is 4.41. The van der Waals surface area contributed by atoms with E-state index >= 15 is 0 Å². The molecule has 0 spiro atoms. The van der Waals surface area contributed by atoms with E-state index in [0.29, 0.717) is 0 Å². The van der Waals surface area contributed by atoms with E-state index in [1.807, 2.05) is 0 Å². The summed E-state index contributed by atoms with van der Waals surface area (Å²) in [7, 11) is 0. The molecule has 0 bridgehead atoms. The van der Waals surface area contributed by atoms with E-state index < -0.39 is 0 Å². The SMILES string of the molecule is CCCCCCCNCN=O. The van der Waals surface area contributed by atoms with Gasteiger partial charge in [-0.1, -0.05) is 37.8 Å². The Hall–Kier alpha value is -0.440. The van der Waals surface area contributed by atoms with Crippen molar-refractivity contribution in [2.75, 3.05) is 13.2 Å². The van der Waals surface area contributed by atoms with Crippen LogP contribution in [0.2, 0.25) is 0 Å². The predicted octanol–water partition coefficient (Wildman–Crippen LogP) is 2.27. The van der Waals surface area contributed by atoms with E-state index in [9.17, 15) is 4.91 Å². The van der Waals surface area contributed by atoms with Gasteiger partial charge in [0.2, 0.25) is 0 Å². The summed E-state index contributed by atoms with van der Waals surface area (Å²) < 4.78 is 0. The van der Waals surface area contributed by atoms with E-state index in [4.69, 9.17) is 0 Å². The fraction of sp³-hybridized carbons (Fsp3) is 1.00. The third kappa shape index (κ3) is 9.56. The number of hydrogen-bond donors (Lipinski definition) is 1. The molecule has 66 valence electrons. The van der Waals surface area contributed by atoms with Crippen LogP contribution in [0.5, 0.6) is 0 Å². The summed E-state index contributed by atoms with van der Waals surface area (Å²) in [6, 6.07) is 0. The van der Waals surface area contributed by atoms with Gasteiger partial charge in [-0.05, 0) is 13.0 Å². The van der Waals surface area contributed by atoms with Crippen LogP contribution in [-0.4, -0.2) is 13.2 Å². The Morgan fingerprint density at radius 1 is 1.18 bits per heavy atom. The second kappa shape index (κ2) is 9.56. The molecule has 0 aliphatic heterocycles. The monoisotopic (exact) mass is 158 g/mol. The second-order valence-electron chi connectivity index (χ2n) is 2.70. The highest BCUT2D eigenvalue weighted by Crippen LogP contribution is 2.00. The maximum atomic E-state index is 9.63. The highest BCUT2D eigenvalue weighted by Gasteiger charge is 1.87. The van der Waals surface area contributed by atoms with Gasteiger partial charge in [-0.3, -0.25) is 5.32 Å². The molecule has 3 nitrogen and oxygen atoms in total. The van der Waals surface area contributed by atoms with E-state index in [2.05, 4.69) is 17.4 Å². The van der Waals surface area contributed by atoms with Crippen LogP contribution < -0.4 is 5.32 Å². The fourth-order valence-corrected chi connectivity index (χ4v) is 0.978. The molecule has 0 aliphatic rings. The zero-order valence-corrected chi connectivity index (χ0v) is 7.31. The van der Waals surface area contributed by atoms with Gasteiger partial charge < -0.3 is 0 Å². The van der Waals surface area contributed by atoms with Crippen molar-refractivity contribution in [3.8, 4) is 0 Å². The molecular formula is C8H18N2O. The minimum atomic E-state index is 0.258. The van der Waals surface area contributed by atoms with Crippen LogP contribution in [0.15, 0.2) is 5.18 Å². The van der Waals surface area contributed by atoms with Crippen molar-refractivity contribution in [1.29, 1.82) is 0 Å². The lowest BCUT2D eigenvalue weighted by molar-refractivity contribution is 0.589. The number of rotatable bonds is 8. The number of unbranched alkanes of at least 4 members (excludes halogenated alkanes) is 4. The van der Waals surface area contributed by atoms with E-state index in [1.54, 1.807) is 0 Å². The Bertz CT molecular complexity index is 86.2. The number of hydrogen-bond acceptors (Lipinski definition) is 3. The van der Waals surface area contributed by atoms with Crippen molar-refractivity contribution >= 4 is 0 Å². The molecule has 0 amide bonds. The molecule has 0 radical (unpaired) electrons. The van der Waals surface area contributed by atoms with Gasteiger partial charge in [-0.2, -0.15) is 0 Å². The van der Waals surface area contributed by atoms with Crippen LogP contribution in [0.4, 0.5) is 0 Å². The molecule has 0 saturated heterocycles. The maximum absolute atomic E-state index is 9.63. The third-order valence-electron chi connectivity index (χ3n) is 1.63. The Morgan fingerprint density at radius 3 is 2.55 bits per heavy atom. The Balaban J connectivity index is 2.74. The van der Waals surface area contributed by atoms with Crippen LogP contribution in [0.25, 0.3) is 0 Å². The first kappa shape index (κ1) is 10.6. The molecule has 11 heavy (non-hydrogen) atoms. The third-order valence-corrected chi connectivity index (χ3v) is 1.63. The van der Waals surface area contributed by atoms with Crippen LogP contribution in [0.3, 0.4) is 0 Å². The number of nitroso groups, excluding NO2 is 1. The molecular weight excluding hydrogens is 140 g/mol. The maximum Gasteiger partial charge on any atom is 0.131 e. The van der Waals surface area contributed by atoms with Crippen LogP contribution in [0.1, 0.15) is 39.0 Å². The molecule has 3 heteroatoms. The normalized spacial score (nSPS) is 9.91. The predicted molar refractivity (Wildman–Crippen MR) is 47.4 cm³/mol. The number of nitrogens with zero attached hydrogens (tertiary/aromatic N) is 1. The molecule has 0 aromatic heterocycles. The first-order valence-electron chi connectivity index (χ1n) is 4.41. The summed E-state index contributed by atoms with van der Waals surface area (Å²) in [6.45, 7) is 3.39. The second-order valence-corrected chi connectivity index (χ2v) is 2.70. The highest BCUT2D eigenvalue weighted by molar-refractivity contribution is 4.46. The summed E-state index contributed by atoms with van der Waals surface area (Å²) in [5, 5.41) is 5.64. The van der Waals surface area contributed by atoms with Gasteiger partial charge in [0.15, 0.2) is 0 Å². The summed E-state index contributed by atoms with van der Waals surface area (Å²) in [5.41, 5.74) is 0. The van der Waals surface area contributed by atoms with Gasteiger partial charge >= 0.3 is 0 Å². The van der Waals surface area contributed by atoms with Gasteiger partial charge in [0.1, 0.15) is 6.67 Å². The minimum Gasteiger partial charge on any atom is -0.295 e. The van der Waals surface area contributed by atoms with Crippen LogP contribution in [0, 0.1) is 4.91 Å². The number of nitrogens with one attached hydrogen (secondary N) is 1. The average Bonchev–Trinajstić information content (AvgIpc) is 2.03. The van der Waals surface area contributed by atoms with Crippen LogP contribution >= 0.6 is 0 Å². The summed E-state index contributed by atoms with van der Waals surface area (Å²) in [6.07, 6.45) is 6.34. The van der Waals surface area contributed by atoms with Crippen molar-refractivity contribution < 1.29 is 0 Å². The molecule has 0 saturated carbocycles. The van der Waals surface area contributed by atoms with Crippen LogP contribution in [-0.2, 0) is 0 Å². The molecule has 0 fully saturated rings. The molecule has 0 aromatic carbocycles. The highest BCUT2D eigenvalue weighted by atomic mass is 16.3. The quantitative estimate of drug-likeness (QED) is 0.435. The van der Waals surface area contributed by atoms with Gasteiger partial charge in [0.05, 0.1) is 0 Å². The van der Waals surface area contributed by atoms with Crippen molar-refractivity contribution in [3.05, 3.63) is 4.91 Å². The van der Waals surface area contributed by atoms with E-state index in [-0.39, 0.29) is 6.67 Å². The molecule has 0 unspecified atom stereocenters. The molecule has 1 N–H and O–H groups in total. The molecule has 0 aliphatic carbocycles. The van der Waals surface area contributed by atoms with Gasteiger partial charge in [0, 0.05) is 0 Å². The Morgan fingerprint density at radius 2 is 1.91 bits per heavy atom. The molecule has 0 atom stereocenters. The van der Waals surface area contributed by atoms with Gasteiger partial charge in [-0.15, -0.1) is 4.91 Å². The lowest BCUT2D eigenvalue weighted by atomic mass is 10.1. The average molecular weight is 158 g/mol. The first-order chi connectivity index (χ1) is 5.41. The zero-order chi connectivity index (χ0) is 8.36. The lowest BCUT2D eigenvalue weighted by Crippen LogP contribution is -2.14. The zero-order valence-electron chi connectivity index (χ0n) is 7.31. The Labute approximate surface area is 68.5 Å². The van der Waals surface area contributed by atoms with Gasteiger partial charge in [-0.25, -0.2) is 0 Å². The van der Waals surface area contributed by atoms with Crippen molar-refractivity contribution in [1.82, 2.24) is 5.32 Å². The van der Waals surface area contributed by atoms with Crippen molar-refractivity contribution in [2.24, 2.45) is 5.18 Å². The van der Waals surface area contributed by atoms with Crippen molar-refractivity contribution in [2.45, 2.75) is 39.0 Å². The summed E-state index contributed by atoms with van der Waals surface area (Å²) >= 11 is 0. The smallest absolute Gasteiger partial charge is 0.131 e. The molecule has 0 rings (SSSR count).